The van der Waals surface area contributed by atoms with Crippen LogP contribution in [0.4, 0.5) is 0 Å². The minimum absolute atomic E-state index is 0.168. The molecule has 98 valence electrons. The standard InChI is InChI=1S/C14H14ClN3O/c1-3-12(9-18(2)10-16)17-14(19)8-11-6-4-5-7-13(11)15/h3-7,9H,1,8H2,2H3,(H,17,19)/b12-9+. The van der Waals surface area contributed by atoms with Gasteiger partial charge in [0.25, 0.3) is 0 Å². The smallest absolute Gasteiger partial charge is 0.228 e. The molecule has 0 bridgehead atoms. The van der Waals surface area contributed by atoms with E-state index in [0.717, 1.165) is 5.56 Å². The SMILES string of the molecule is C=C/C(=C\N(C)C#N)NC(=O)Cc1ccccc1Cl. The Hall–Kier alpha value is -2.25. The molecule has 1 amide bonds. The first-order valence-corrected chi connectivity index (χ1v) is 5.94. The minimum Gasteiger partial charge on any atom is -0.324 e. The quantitative estimate of drug-likeness (QED) is 0.510. The van der Waals surface area contributed by atoms with E-state index in [-0.39, 0.29) is 12.3 Å². The first kappa shape index (κ1) is 14.8. The summed E-state index contributed by atoms with van der Waals surface area (Å²) in [5, 5.41) is 11.9. The third-order valence-electron chi connectivity index (χ3n) is 2.30. The third kappa shape index (κ3) is 4.86. The number of halogens is 1. The lowest BCUT2D eigenvalue weighted by Gasteiger charge is -2.09. The lowest BCUT2D eigenvalue weighted by atomic mass is 10.1. The van der Waals surface area contributed by atoms with Gasteiger partial charge in [-0.1, -0.05) is 36.4 Å². The van der Waals surface area contributed by atoms with Gasteiger partial charge in [-0.3, -0.25) is 9.69 Å². The van der Waals surface area contributed by atoms with Crippen molar-refractivity contribution in [2.75, 3.05) is 7.05 Å². The second-order valence-corrected chi connectivity index (χ2v) is 4.22. The van der Waals surface area contributed by atoms with Gasteiger partial charge >= 0.3 is 0 Å². The predicted molar refractivity (Wildman–Crippen MR) is 75.0 cm³/mol. The average molecular weight is 276 g/mol. The Labute approximate surface area is 117 Å². The van der Waals surface area contributed by atoms with Gasteiger partial charge in [0.2, 0.25) is 5.91 Å². The number of allylic oxidation sites excluding steroid dienone is 1. The zero-order valence-electron chi connectivity index (χ0n) is 10.6. The van der Waals surface area contributed by atoms with Crippen LogP contribution in [0.25, 0.3) is 0 Å². The number of nitrogens with zero attached hydrogens (tertiary/aromatic N) is 2. The van der Waals surface area contributed by atoms with Crippen LogP contribution in [-0.2, 0) is 11.2 Å². The van der Waals surface area contributed by atoms with Crippen LogP contribution in [0.3, 0.4) is 0 Å². The number of benzene rings is 1. The van der Waals surface area contributed by atoms with Crippen LogP contribution in [0.5, 0.6) is 0 Å². The van der Waals surface area contributed by atoms with Crippen LogP contribution in [0.15, 0.2) is 48.8 Å². The number of carbonyl (C=O) groups is 1. The summed E-state index contributed by atoms with van der Waals surface area (Å²) >= 11 is 5.98. The number of rotatable bonds is 5. The molecule has 0 fully saturated rings. The van der Waals surface area contributed by atoms with E-state index in [1.54, 1.807) is 25.2 Å². The van der Waals surface area contributed by atoms with E-state index in [1.165, 1.54) is 17.2 Å². The van der Waals surface area contributed by atoms with Crippen molar-refractivity contribution in [2.45, 2.75) is 6.42 Å². The lowest BCUT2D eigenvalue weighted by molar-refractivity contribution is -0.119. The molecule has 0 saturated carbocycles. The topological polar surface area (TPSA) is 56.1 Å². The number of nitrogens with one attached hydrogen (secondary N) is 1. The van der Waals surface area contributed by atoms with Crippen LogP contribution >= 0.6 is 11.6 Å². The minimum atomic E-state index is -0.217. The second kappa shape index (κ2) is 7.24. The first-order valence-electron chi connectivity index (χ1n) is 5.57. The normalized spacial score (nSPS) is 10.5. The molecule has 4 nitrogen and oxygen atoms in total. The Bertz CT molecular complexity index is 546. The first-order chi connectivity index (χ1) is 9.06. The van der Waals surface area contributed by atoms with Crippen molar-refractivity contribution in [3.63, 3.8) is 0 Å². The Morgan fingerprint density at radius 2 is 2.26 bits per heavy atom. The summed E-state index contributed by atoms with van der Waals surface area (Å²) < 4.78 is 0. The van der Waals surface area contributed by atoms with Gasteiger partial charge in [0, 0.05) is 18.3 Å². The predicted octanol–water partition coefficient (Wildman–Crippen LogP) is 2.44. The van der Waals surface area contributed by atoms with Crippen molar-refractivity contribution < 1.29 is 4.79 Å². The highest BCUT2D eigenvalue weighted by molar-refractivity contribution is 6.31. The fourth-order valence-corrected chi connectivity index (χ4v) is 1.60. The summed E-state index contributed by atoms with van der Waals surface area (Å²) in [4.78, 5) is 13.1. The van der Waals surface area contributed by atoms with Crippen LogP contribution in [0.2, 0.25) is 5.02 Å². The molecule has 0 radical (unpaired) electrons. The van der Waals surface area contributed by atoms with Crippen LogP contribution in [-0.4, -0.2) is 17.9 Å². The van der Waals surface area contributed by atoms with Crippen molar-refractivity contribution >= 4 is 17.5 Å². The number of nitriles is 1. The Morgan fingerprint density at radius 1 is 1.58 bits per heavy atom. The number of hydrogen-bond acceptors (Lipinski definition) is 3. The highest BCUT2D eigenvalue weighted by Crippen LogP contribution is 2.15. The highest BCUT2D eigenvalue weighted by Gasteiger charge is 2.07. The molecule has 0 unspecified atom stereocenters. The van der Waals surface area contributed by atoms with Gasteiger partial charge < -0.3 is 5.32 Å². The lowest BCUT2D eigenvalue weighted by Crippen LogP contribution is -2.25. The molecule has 0 aliphatic heterocycles. The Morgan fingerprint density at radius 3 is 2.84 bits per heavy atom. The van der Waals surface area contributed by atoms with Gasteiger partial charge in [0.05, 0.1) is 12.1 Å². The molecule has 0 aliphatic rings. The van der Waals surface area contributed by atoms with Gasteiger partial charge in [-0.25, -0.2) is 0 Å². The molecule has 5 heteroatoms. The summed E-state index contributed by atoms with van der Waals surface area (Å²) in [5.41, 5.74) is 1.21. The summed E-state index contributed by atoms with van der Waals surface area (Å²) in [6.07, 6.45) is 5.02. The molecule has 1 aromatic rings. The molecule has 1 aromatic carbocycles. The molecule has 1 rings (SSSR count). The largest absolute Gasteiger partial charge is 0.324 e. The van der Waals surface area contributed by atoms with Gasteiger partial charge in [-0.2, -0.15) is 5.26 Å². The van der Waals surface area contributed by atoms with Crippen molar-refractivity contribution in [2.24, 2.45) is 0 Å². The van der Waals surface area contributed by atoms with E-state index in [1.807, 2.05) is 12.3 Å². The van der Waals surface area contributed by atoms with E-state index in [0.29, 0.717) is 10.7 Å². The van der Waals surface area contributed by atoms with E-state index in [9.17, 15) is 4.79 Å². The van der Waals surface area contributed by atoms with E-state index < -0.39 is 0 Å². The average Bonchev–Trinajstić information content (AvgIpc) is 2.40. The maximum absolute atomic E-state index is 11.8. The van der Waals surface area contributed by atoms with Crippen molar-refractivity contribution in [3.8, 4) is 6.19 Å². The maximum atomic E-state index is 11.8. The summed E-state index contributed by atoms with van der Waals surface area (Å²) in [7, 11) is 1.57. The van der Waals surface area contributed by atoms with Crippen LogP contribution in [0.1, 0.15) is 5.56 Å². The Balaban J connectivity index is 2.70. The monoisotopic (exact) mass is 275 g/mol. The molecule has 0 aliphatic carbocycles. The van der Waals surface area contributed by atoms with Crippen LogP contribution in [0, 0.1) is 11.5 Å². The summed E-state index contributed by atoms with van der Waals surface area (Å²) in [5.74, 6) is -0.217. The molecular formula is C14H14ClN3O. The van der Waals surface area contributed by atoms with E-state index in [2.05, 4.69) is 11.9 Å². The van der Waals surface area contributed by atoms with Gasteiger partial charge in [0.1, 0.15) is 0 Å². The Kier molecular flexibility index (Phi) is 5.65. The zero-order chi connectivity index (χ0) is 14.3. The molecule has 0 spiro atoms. The summed E-state index contributed by atoms with van der Waals surface area (Å²) in [6.45, 7) is 3.58. The molecule has 0 heterocycles. The third-order valence-corrected chi connectivity index (χ3v) is 2.67. The van der Waals surface area contributed by atoms with Gasteiger partial charge in [-0.15, -0.1) is 0 Å². The van der Waals surface area contributed by atoms with Crippen LogP contribution < -0.4 is 5.32 Å². The number of carbonyl (C=O) groups excluding carboxylic acids is 1. The molecule has 0 atom stereocenters. The number of hydrogen-bond donors (Lipinski definition) is 1. The maximum Gasteiger partial charge on any atom is 0.228 e. The van der Waals surface area contributed by atoms with Gasteiger partial charge in [-0.05, 0) is 17.7 Å². The van der Waals surface area contributed by atoms with Crippen molar-refractivity contribution in [1.82, 2.24) is 10.2 Å². The van der Waals surface area contributed by atoms with E-state index >= 15 is 0 Å². The van der Waals surface area contributed by atoms with Crippen molar-refractivity contribution in [1.29, 1.82) is 5.26 Å². The molecule has 19 heavy (non-hydrogen) atoms. The molecule has 0 aromatic heterocycles. The fourth-order valence-electron chi connectivity index (χ4n) is 1.39. The van der Waals surface area contributed by atoms with Gasteiger partial charge in [0.15, 0.2) is 6.19 Å². The number of amides is 1. The van der Waals surface area contributed by atoms with Crippen molar-refractivity contribution in [3.05, 3.63) is 59.4 Å². The second-order valence-electron chi connectivity index (χ2n) is 3.82. The molecule has 1 N–H and O–H groups in total. The molecule has 0 saturated heterocycles. The highest BCUT2D eigenvalue weighted by atomic mass is 35.5. The zero-order valence-corrected chi connectivity index (χ0v) is 11.3. The van der Waals surface area contributed by atoms with E-state index in [4.69, 9.17) is 16.9 Å². The summed E-state index contributed by atoms with van der Waals surface area (Å²) in [6, 6.07) is 7.15. The fraction of sp³-hybridized carbons (Fsp3) is 0.143. The molecular weight excluding hydrogens is 262 g/mol.